The third-order valence-corrected chi connectivity index (χ3v) is 4.94. The van der Waals surface area contributed by atoms with E-state index in [1.807, 2.05) is 0 Å². The van der Waals surface area contributed by atoms with Gasteiger partial charge in [0, 0.05) is 0 Å². The van der Waals surface area contributed by atoms with Gasteiger partial charge >= 0.3 is 70.7 Å². The predicted molar refractivity (Wildman–Crippen MR) is 74.5 cm³/mol. The molecule has 0 amide bonds. The molecular formula is C14H21F2Na2O8P. The van der Waals surface area contributed by atoms with Gasteiger partial charge < -0.3 is 33.6 Å². The van der Waals surface area contributed by atoms with Gasteiger partial charge in [-0.15, -0.1) is 0 Å². The molecule has 0 bridgehead atoms. The molecular weight excluding hydrogens is 411 g/mol. The Bertz CT molecular complexity index is 538. The van der Waals surface area contributed by atoms with E-state index in [1.54, 1.807) is 20.8 Å². The molecule has 0 aromatic rings. The minimum Gasteiger partial charge on any atom is -0.683 e. The molecule has 0 spiro atoms. The van der Waals surface area contributed by atoms with E-state index in [2.05, 4.69) is 0 Å². The molecule has 8 nitrogen and oxygen atoms in total. The second kappa shape index (κ2) is 9.34. The van der Waals surface area contributed by atoms with Crippen molar-refractivity contribution in [3.63, 3.8) is 0 Å². The largest absolute Gasteiger partial charge is 1.00 e. The molecule has 0 unspecified atom stereocenters. The topological polar surface area (TPSA) is 123 Å². The van der Waals surface area contributed by atoms with Crippen LogP contribution >= 0.6 is 7.94 Å². The van der Waals surface area contributed by atoms with Crippen LogP contribution in [-0.4, -0.2) is 42.5 Å². The summed E-state index contributed by atoms with van der Waals surface area (Å²) in [7, 11) is -6.32. The Labute approximate surface area is 201 Å². The van der Waals surface area contributed by atoms with E-state index >= 15 is 0 Å². The summed E-state index contributed by atoms with van der Waals surface area (Å²) in [4.78, 5) is 45.1. The molecule has 0 radical (unpaired) electrons. The molecule has 2 heterocycles. The van der Waals surface area contributed by atoms with Crippen molar-refractivity contribution in [1.29, 1.82) is 0 Å². The van der Waals surface area contributed by atoms with Gasteiger partial charge in [-0.1, -0.05) is 7.94 Å². The van der Waals surface area contributed by atoms with Gasteiger partial charge in [-0.25, -0.2) is 0 Å². The van der Waals surface area contributed by atoms with Crippen LogP contribution in [-0.2, 0) is 23.7 Å². The first kappa shape index (κ1) is 28.5. The van der Waals surface area contributed by atoms with Crippen molar-refractivity contribution in [2.45, 2.75) is 64.6 Å². The maximum Gasteiger partial charge on any atom is 1.00 e. The van der Waals surface area contributed by atoms with Crippen LogP contribution in [0.2, 0.25) is 0 Å². The third-order valence-electron chi connectivity index (χ3n) is 3.91. The zero-order chi connectivity index (χ0) is 19.4. The van der Waals surface area contributed by atoms with Crippen LogP contribution in [0.1, 0.15) is 34.6 Å². The van der Waals surface area contributed by atoms with Gasteiger partial charge in [-0.05, 0) is 34.6 Å². The van der Waals surface area contributed by atoms with Crippen LogP contribution in [0, 0.1) is 11.3 Å². The molecule has 2 aliphatic heterocycles. The monoisotopic (exact) mass is 432 g/mol. The number of carbonyl (C=O) groups excluding carboxylic acids is 1. The Kier molecular flexibility index (Phi) is 9.87. The average Bonchev–Trinajstić information content (AvgIpc) is 2.84. The van der Waals surface area contributed by atoms with Gasteiger partial charge in [0.05, 0.1) is 5.41 Å². The number of rotatable bonds is 4. The molecule has 2 aliphatic rings. The first-order chi connectivity index (χ1) is 11.1. The Morgan fingerprint density at radius 3 is 2.11 bits per heavy atom. The molecule has 0 aliphatic carbocycles. The zero-order valence-electron chi connectivity index (χ0n) is 16.5. The van der Waals surface area contributed by atoms with Gasteiger partial charge in [-0.2, -0.15) is 8.78 Å². The quantitative estimate of drug-likeness (QED) is 0.244. The first-order valence-corrected chi connectivity index (χ1v) is 9.19. The zero-order valence-corrected chi connectivity index (χ0v) is 21.4. The standard InChI is InChI=1S/C14H23F2O8P.2Na/c1-12(2,3)11(17)21-6-7-8(14(15,16)25(18,19)20)9-10(22-7)24-13(4,5)23-9;;/h7-10H,6H2,1-5H3,(H2,18,19,20);;/q;2*+1/p-2/t7-,8-,9-,10-;;/m1../s1. The van der Waals surface area contributed by atoms with E-state index in [0.29, 0.717) is 0 Å². The number of carbonyl (C=O) groups is 1. The second-order valence-electron chi connectivity index (χ2n) is 7.60. The van der Waals surface area contributed by atoms with Crippen molar-refractivity contribution in [2.75, 3.05) is 6.61 Å². The maximum absolute atomic E-state index is 14.3. The number of halogens is 2. The fraction of sp³-hybridized carbons (Fsp3) is 0.929. The van der Waals surface area contributed by atoms with E-state index in [0.717, 1.165) is 0 Å². The molecule has 2 saturated heterocycles. The number of fused-ring (bicyclic) bond motifs is 1. The van der Waals surface area contributed by atoms with Crippen molar-refractivity contribution in [3.8, 4) is 0 Å². The van der Waals surface area contributed by atoms with Gasteiger partial charge in [0.1, 0.15) is 24.7 Å². The van der Waals surface area contributed by atoms with Crippen molar-refractivity contribution < 1.29 is 106 Å². The van der Waals surface area contributed by atoms with Crippen LogP contribution in [0.4, 0.5) is 8.78 Å². The number of hydrogen-bond donors (Lipinski definition) is 0. The number of esters is 1. The van der Waals surface area contributed by atoms with E-state index in [9.17, 15) is 28.3 Å². The summed E-state index contributed by atoms with van der Waals surface area (Å²) >= 11 is 0. The summed E-state index contributed by atoms with van der Waals surface area (Å²) in [6.45, 7) is 6.90. The minimum absolute atomic E-state index is 0. The number of hydrogen-bond acceptors (Lipinski definition) is 8. The number of alkyl halides is 2. The van der Waals surface area contributed by atoms with Crippen LogP contribution < -0.4 is 73.8 Å². The fourth-order valence-electron chi connectivity index (χ4n) is 2.70. The second-order valence-corrected chi connectivity index (χ2v) is 9.19. The molecule has 0 aromatic heterocycles. The van der Waals surface area contributed by atoms with E-state index in [-0.39, 0.29) is 59.1 Å². The Morgan fingerprint density at radius 2 is 1.67 bits per heavy atom. The molecule has 4 atom stereocenters. The van der Waals surface area contributed by atoms with E-state index in [4.69, 9.17) is 18.9 Å². The summed E-state index contributed by atoms with van der Waals surface area (Å²) < 4.78 is 49.4. The normalized spacial score (nSPS) is 30.1. The van der Waals surface area contributed by atoms with Crippen molar-refractivity contribution in [3.05, 3.63) is 0 Å². The molecule has 2 fully saturated rings. The maximum atomic E-state index is 14.3. The SMILES string of the molecule is CC1(C)O[C@H]2O[C@H](COC(=O)C(C)(C)C)[C@@H](C(F)(F)[P+]([O-])([O-])[O-])[C@H]2O1.[Na+].[Na+]. The molecule has 0 N–H and O–H groups in total. The van der Waals surface area contributed by atoms with Crippen molar-refractivity contribution in [1.82, 2.24) is 0 Å². The molecule has 13 heteroatoms. The van der Waals surface area contributed by atoms with Crippen LogP contribution in [0.3, 0.4) is 0 Å². The van der Waals surface area contributed by atoms with Crippen LogP contribution in [0.15, 0.2) is 0 Å². The van der Waals surface area contributed by atoms with Gasteiger partial charge in [0.2, 0.25) is 0 Å². The van der Waals surface area contributed by atoms with Gasteiger partial charge in [0.25, 0.3) is 0 Å². The third kappa shape index (κ3) is 6.26. The smallest absolute Gasteiger partial charge is 0.683 e. The van der Waals surface area contributed by atoms with Crippen LogP contribution in [0.5, 0.6) is 0 Å². The fourth-order valence-corrected chi connectivity index (χ4v) is 3.37. The van der Waals surface area contributed by atoms with Crippen molar-refractivity contribution in [2.24, 2.45) is 11.3 Å². The molecule has 27 heavy (non-hydrogen) atoms. The molecule has 0 aromatic carbocycles. The summed E-state index contributed by atoms with van der Waals surface area (Å²) in [5.74, 6) is -4.13. The number of ether oxygens (including phenoxy) is 4. The Balaban J connectivity index is 0.00000338. The van der Waals surface area contributed by atoms with Crippen LogP contribution in [0.25, 0.3) is 0 Å². The van der Waals surface area contributed by atoms with E-state index in [1.165, 1.54) is 13.8 Å². The van der Waals surface area contributed by atoms with Gasteiger partial charge in [-0.3, -0.25) is 4.79 Å². The predicted octanol–water partition coefficient (Wildman–Crippen LogP) is -6.49. The Hall–Kier alpha value is 1.52. The minimum atomic E-state index is -6.32. The summed E-state index contributed by atoms with van der Waals surface area (Å²) in [5, 5.41) is 0. The molecule has 2 rings (SSSR count). The average molecular weight is 432 g/mol. The summed E-state index contributed by atoms with van der Waals surface area (Å²) in [5.41, 5.74) is -5.55. The molecule has 0 saturated carbocycles. The summed E-state index contributed by atoms with van der Waals surface area (Å²) in [6.07, 6.45) is -4.35. The van der Waals surface area contributed by atoms with E-state index < -0.39 is 61.8 Å². The first-order valence-electron chi connectivity index (χ1n) is 7.64. The van der Waals surface area contributed by atoms with Gasteiger partial charge in [0.15, 0.2) is 12.1 Å². The van der Waals surface area contributed by atoms with Crippen molar-refractivity contribution >= 4 is 13.9 Å². The summed E-state index contributed by atoms with van der Waals surface area (Å²) in [6, 6.07) is 0. The molecule has 146 valence electrons. The Morgan fingerprint density at radius 1 is 1.15 bits per heavy atom.